The average molecular weight is 395 g/mol. The van der Waals surface area contributed by atoms with Crippen LogP contribution in [0.1, 0.15) is 19.8 Å². The van der Waals surface area contributed by atoms with Crippen molar-refractivity contribution in [2.45, 2.75) is 30.7 Å². The third kappa shape index (κ3) is 2.88. The van der Waals surface area contributed by atoms with Crippen LogP contribution in [0.5, 0.6) is 0 Å². The third-order valence-electron chi connectivity index (χ3n) is 4.70. The molecule has 0 spiro atoms. The van der Waals surface area contributed by atoms with Crippen molar-refractivity contribution in [1.29, 1.82) is 0 Å². The van der Waals surface area contributed by atoms with Crippen LogP contribution in [0.3, 0.4) is 0 Å². The van der Waals surface area contributed by atoms with E-state index in [-0.39, 0.29) is 16.7 Å². The number of rotatable bonds is 3. The van der Waals surface area contributed by atoms with Gasteiger partial charge < -0.3 is 10.2 Å². The Morgan fingerprint density at radius 2 is 2.19 bits per heavy atom. The minimum atomic E-state index is -0.948. The molecule has 0 radical (unpaired) electrons. The number of nitrogens with one attached hydrogen (secondary N) is 1. The summed E-state index contributed by atoms with van der Waals surface area (Å²) in [5, 5.41) is 4.77. The van der Waals surface area contributed by atoms with Gasteiger partial charge in [0.1, 0.15) is 6.04 Å². The SMILES string of the molecule is C[C@]12CCC(=O)N1[C@@H](C(=O)Nc1nc(-c3ccc(F)c(F)c3)cs1)CS2. The second-order valence-corrected chi connectivity index (χ2v) is 8.78. The highest BCUT2D eigenvalue weighted by molar-refractivity contribution is 8.01. The number of halogens is 2. The predicted octanol–water partition coefficient (Wildman–Crippen LogP) is 3.48. The zero-order chi connectivity index (χ0) is 18.5. The zero-order valence-corrected chi connectivity index (χ0v) is 15.4. The van der Waals surface area contributed by atoms with E-state index in [9.17, 15) is 18.4 Å². The van der Waals surface area contributed by atoms with Gasteiger partial charge in [0.25, 0.3) is 0 Å². The maximum atomic E-state index is 13.4. The minimum Gasteiger partial charge on any atom is -0.315 e. The largest absolute Gasteiger partial charge is 0.315 e. The summed E-state index contributed by atoms with van der Waals surface area (Å²) >= 11 is 2.82. The lowest BCUT2D eigenvalue weighted by Crippen LogP contribution is -2.48. The number of nitrogens with zero attached hydrogens (tertiary/aromatic N) is 2. The molecule has 2 atom stereocenters. The number of hydrogen-bond donors (Lipinski definition) is 1. The van der Waals surface area contributed by atoms with Crippen molar-refractivity contribution < 1.29 is 18.4 Å². The van der Waals surface area contributed by atoms with Gasteiger partial charge in [-0.15, -0.1) is 23.1 Å². The fraction of sp³-hybridized carbons (Fsp3) is 0.353. The molecule has 9 heteroatoms. The van der Waals surface area contributed by atoms with Crippen molar-refractivity contribution in [3.63, 3.8) is 0 Å². The van der Waals surface area contributed by atoms with Crippen LogP contribution in [0, 0.1) is 11.6 Å². The Bertz CT molecular complexity index is 904. The molecule has 2 saturated heterocycles. The molecule has 0 unspecified atom stereocenters. The van der Waals surface area contributed by atoms with Gasteiger partial charge in [-0.25, -0.2) is 13.8 Å². The Morgan fingerprint density at radius 1 is 1.38 bits per heavy atom. The Morgan fingerprint density at radius 3 is 2.96 bits per heavy atom. The summed E-state index contributed by atoms with van der Waals surface area (Å²) in [5.74, 6) is -1.59. The molecule has 1 aromatic heterocycles. The molecule has 2 aliphatic heterocycles. The van der Waals surface area contributed by atoms with E-state index in [2.05, 4.69) is 10.3 Å². The first kappa shape index (κ1) is 17.4. The van der Waals surface area contributed by atoms with E-state index in [1.54, 1.807) is 22.0 Å². The maximum absolute atomic E-state index is 13.4. The molecule has 2 aliphatic rings. The van der Waals surface area contributed by atoms with Gasteiger partial charge in [0, 0.05) is 23.1 Å². The van der Waals surface area contributed by atoms with Crippen LogP contribution in [0.2, 0.25) is 0 Å². The van der Waals surface area contributed by atoms with Crippen LogP contribution in [-0.4, -0.2) is 38.4 Å². The highest BCUT2D eigenvalue weighted by Crippen LogP contribution is 2.47. The van der Waals surface area contributed by atoms with Crippen LogP contribution >= 0.6 is 23.1 Å². The number of carbonyl (C=O) groups is 2. The molecule has 0 saturated carbocycles. The van der Waals surface area contributed by atoms with Crippen LogP contribution < -0.4 is 5.32 Å². The first-order chi connectivity index (χ1) is 12.4. The van der Waals surface area contributed by atoms with Gasteiger partial charge >= 0.3 is 0 Å². The molecule has 4 rings (SSSR count). The number of hydrogen-bond acceptors (Lipinski definition) is 5. The van der Waals surface area contributed by atoms with Gasteiger partial charge in [0.2, 0.25) is 11.8 Å². The fourth-order valence-electron chi connectivity index (χ4n) is 3.32. The van der Waals surface area contributed by atoms with E-state index in [4.69, 9.17) is 0 Å². The number of carbonyl (C=O) groups excluding carboxylic acids is 2. The van der Waals surface area contributed by atoms with E-state index in [1.165, 1.54) is 17.4 Å². The zero-order valence-electron chi connectivity index (χ0n) is 13.8. The quantitative estimate of drug-likeness (QED) is 0.864. The van der Waals surface area contributed by atoms with Gasteiger partial charge in [-0.3, -0.25) is 9.59 Å². The molecule has 0 aliphatic carbocycles. The van der Waals surface area contributed by atoms with Crippen LogP contribution in [-0.2, 0) is 9.59 Å². The van der Waals surface area contributed by atoms with Crippen molar-refractivity contribution in [3.05, 3.63) is 35.2 Å². The number of amides is 2. The fourth-order valence-corrected chi connectivity index (χ4v) is 5.48. The number of thiazole rings is 1. The van der Waals surface area contributed by atoms with Gasteiger partial charge in [-0.1, -0.05) is 0 Å². The summed E-state index contributed by atoms with van der Waals surface area (Å²) in [4.78, 5) is 30.4. The molecule has 3 heterocycles. The number of fused-ring (bicyclic) bond motifs is 1. The number of thioether (sulfide) groups is 1. The lowest BCUT2D eigenvalue weighted by molar-refractivity contribution is -0.135. The van der Waals surface area contributed by atoms with Gasteiger partial charge in [0.15, 0.2) is 16.8 Å². The summed E-state index contributed by atoms with van der Waals surface area (Å²) in [5.41, 5.74) is 0.881. The smallest absolute Gasteiger partial charge is 0.249 e. The lowest BCUT2D eigenvalue weighted by atomic mass is 10.2. The Kier molecular flexibility index (Phi) is 4.23. The molecular formula is C17H15F2N3O2S2. The number of benzene rings is 1. The van der Waals surface area contributed by atoms with Gasteiger partial charge in [0.05, 0.1) is 10.6 Å². The molecule has 2 amide bonds. The van der Waals surface area contributed by atoms with E-state index in [1.807, 2.05) is 6.92 Å². The second kappa shape index (κ2) is 6.31. The summed E-state index contributed by atoms with van der Waals surface area (Å²) in [6, 6.07) is 3.02. The Labute approximate surface area is 156 Å². The van der Waals surface area contributed by atoms with Crippen molar-refractivity contribution in [2.75, 3.05) is 11.1 Å². The molecule has 5 nitrogen and oxygen atoms in total. The van der Waals surface area contributed by atoms with E-state index in [0.29, 0.717) is 28.6 Å². The molecule has 1 aromatic carbocycles. The predicted molar refractivity (Wildman–Crippen MR) is 96.8 cm³/mol. The summed E-state index contributed by atoms with van der Waals surface area (Å²) < 4.78 is 26.4. The average Bonchev–Trinajstić information content (AvgIpc) is 3.27. The molecule has 136 valence electrons. The van der Waals surface area contributed by atoms with Crippen molar-refractivity contribution in [3.8, 4) is 11.3 Å². The maximum Gasteiger partial charge on any atom is 0.249 e. The Balaban J connectivity index is 1.50. The van der Waals surface area contributed by atoms with Crippen molar-refractivity contribution >= 4 is 40.0 Å². The Hall–Kier alpha value is -2.00. The van der Waals surface area contributed by atoms with Crippen molar-refractivity contribution in [1.82, 2.24) is 9.88 Å². The first-order valence-electron chi connectivity index (χ1n) is 8.05. The molecule has 2 fully saturated rings. The van der Waals surface area contributed by atoms with E-state index >= 15 is 0 Å². The minimum absolute atomic E-state index is 0.000680. The van der Waals surface area contributed by atoms with Crippen LogP contribution in [0.25, 0.3) is 11.3 Å². The number of aromatic nitrogens is 1. The molecular weight excluding hydrogens is 380 g/mol. The first-order valence-corrected chi connectivity index (χ1v) is 9.92. The highest BCUT2D eigenvalue weighted by atomic mass is 32.2. The van der Waals surface area contributed by atoms with Gasteiger partial charge in [-0.2, -0.15) is 0 Å². The molecule has 2 aromatic rings. The summed E-state index contributed by atoms with van der Waals surface area (Å²) in [7, 11) is 0. The summed E-state index contributed by atoms with van der Waals surface area (Å²) in [6.45, 7) is 1.99. The lowest BCUT2D eigenvalue weighted by Gasteiger charge is -2.29. The van der Waals surface area contributed by atoms with E-state index in [0.717, 1.165) is 18.6 Å². The monoisotopic (exact) mass is 395 g/mol. The highest BCUT2D eigenvalue weighted by Gasteiger charge is 2.52. The third-order valence-corrected chi connectivity index (χ3v) is 6.96. The molecule has 0 bridgehead atoms. The van der Waals surface area contributed by atoms with Gasteiger partial charge in [-0.05, 0) is 31.5 Å². The normalized spacial score (nSPS) is 24.8. The van der Waals surface area contributed by atoms with Crippen molar-refractivity contribution in [2.24, 2.45) is 0 Å². The molecule has 1 N–H and O–H groups in total. The topological polar surface area (TPSA) is 62.3 Å². The standard InChI is InChI=1S/C17H15F2N3O2S2/c1-17-5-4-14(23)22(17)13(8-26-17)15(24)21-16-20-12(7-25-16)9-2-3-10(18)11(19)6-9/h2-3,6-7,13H,4-5,8H2,1H3,(H,20,21,24)/t13-,17+/m1/s1. The second-order valence-electron chi connectivity index (χ2n) is 6.42. The van der Waals surface area contributed by atoms with E-state index < -0.39 is 17.7 Å². The summed E-state index contributed by atoms with van der Waals surface area (Å²) in [6.07, 6.45) is 1.21. The van der Waals surface area contributed by atoms with Crippen LogP contribution in [0.4, 0.5) is 13.9 Å². The van der Waals surface area contributed by atoms with Crippen LogP contribution in [0.15, 0.2) is 23.6 Å². The number of anilines is 1. The molecule has 26 heavy (non-hydrogen) atoms.